The third-order valence-corrected chi connectivity index (χ3v) is 4.62. The summed E-state index contributed by atoms with van der Waals surface area (Å²) in [6, 6.07) is 5.39. The van der Waals surface area contributed by atoms with E-state index in [1.54, 1.807) is 6.07 Å². The number of hydrogen-bond acceptors (Lipinski definition) is 3. The smallest absolute Gasteiger partial charge is 0.340 e. The van der Waals surface area contributed by atoms with Crippen molar-refractivity contribution >= 4 is 22.1 Å². The maximum atomic E-state index is 11.7. The molecule has 0 saturated carbocycles. The van der Waals surface area contributed by atoms with Crippen LogP contribution in [0.1, 0.15) is 40.2 Å². The topological polar surface area (TPSA) is 64.7 Å². The van der Waals surface area contributed by atoms with Crippen molar-refractivity contribution in [3.8, 4) is 0 Å². The molecule has 5 nitrogen and oxygen atoms in total. The highest BCUT2D eigenvalue weighted by Crippen LogP contribution is 2.28. The van der Waals surface area contributed by atoms with E-state index in [1.165, 1.54) is 6.07 Å². The molecule has 1 atom stereocenters. The van der Waals surface area contributed by atoms with Crippen molar-refractivity contribution in [3.05, 3.63) is 36.2 Å². The van der Waals surface area contributed by atoms with Crippen LogP contribution in [0.4, 0.5) is 5.69 Å². The molecule has 1 aromatic carbocycles. The molecule has 6 heteroatoms. The monoisotopic (exact) mass is 323 g/mol. The summed E-state index contributed by atoms with van der Waals surface area (Å²) in [5, 5.41) is 0. The molecule has 0 spiro atoms. The van der Waals surface area contributed by atoms with Crippen LogP contribution in [0.3, 0.4) is 0 Å². The van der Waals surface area contributed by atoms with Crippen LogP contribution in [0.25, 0.3) is 0 Å². The first kappa shape index (κ1) is 16.9. The van der Waals surface area contributed by atoms with Crippen LogP contribution < -0.4 is 4.90 Å². The molecule has 2 rings (SSSR count). The molecule has 1 aliphatic heterocycles. The van der Waals surface area contributed by atoms with Gasteiger partial charge >= 0.3 is 6.34 Å². The molecule has 0 aliphatic carbocycles. The SMILES string of the molecule is CC(C)[N+]1=C[NH+](c2ccc(C(C)(C)C)cc2S(=O)(=O)[O-])C=C1. The average molecular weight is 323 g/mol. The Balaban J connectivity index is 2.57. The molecular formula is C16H23N2O3S+. The van der Waals surface area contributed by atoms with Crippen molar-refractivity contribution < 1.29 is 22.4 Å². The molecule has 1 aromatic rings. The first-order chi connectivity index (χ1) is 10.00. The first-order valence-corrected chi connectivity index (χ1v) is 8.69. The van der Waals surface area contributed by atoms with Gasteiger partial charge in [-0.3, -0.25) is 0 Å². The Morgan fingerprint density at radius 2 is 1.86 bits per heavy atom. The summed E-state index contributed by atoms with van der Waals surface area (Å²) < 4.78 is 37.0. The lowest BCUT2D eigenvalue weighted by atomic mass is 9.87. The van der Waals surface area contributed by atoms with E-state index in [-0.39, 0.29) is 16.4 Å². The fourth-order valence-corrected chi connectivity index (χ4v) is 3.05. The molecule has 1 unspecified atom stereocenters. The molecule has 0 saturated heterocycles. The summed E-state index contributed by atoms with van der Waals surface area (Å²) in [5.41, 5.74) is 1.07. The second-order valence-corrected chi connectivity index (χ2v) is 8.20. The Kier molecular flexibility index (Phi) is 4.30. The highest BCUT2D eigenvalue weighted by molar-refractivity contribution is 7.85. The molecular weight excluding hydrogens is 300 g/mol. The van der Waals surface area contributed by atoms with Crippen LogP contribution in [0.5, 0.6) is 0 Å². The molecule has 22 heavy (non-hydrogen) atoms. The summed E-state index contributed by atoms with van der Waals surface area (Å²) in [4.78, 5) is 0.588. The van der Waals surface area contributed by atoms with Gasteiger partial charge in [-0.05, 0) is 30.9 Å². The highest BCUT2D eigenvalue weighted by atomic mass is 32.2. The molecule has 0 amide bonds. The summed E-state index contributed by atoms with van der Waals surface area (Å²) >= 11 is 0. The number of nitrogens with one attached hydrogen (secondary N) is 1. The van der Waals surface area contributed by atoms with Crippen LogP contribution >= 0.6 is 0 Å². The van der Waals surface area contributed by atoms with Gasteiger partial charge in [0.05, 0.1) is 0 Å². The van der Waals surface area contributed by atoms with Crippen molar-refractivity contribution in [2.45, 2.75) is 51.0 Å². The number of benzene rings is 1. The van der Waals surface area contributed by atoms with E-state index in [4.69, 9.17) is 0 Å². The van der Waals surface area contributed by atoms with Crippen LogP contribution in [-0.4, -0.2) is 29.9 Å². The largest absolute Gasteiger partial charge is 0.744 e. The quantitative estimate of drug-likeness (QED) is 0.674. The van der Waals surface area contributed by atoms with Gasteiger partial charge in [-0.1, -0.05) is 26.8 Å². The molecule has 1 heterocycles. The Hall–Kier alpha value is -1.50. The standard InChI is InChI=1S/C16H22N2O3S/c1-12(2)17-8-9-18(11-17)14-7-6-13(16(3,4)5)10-15(14)22(19,20)21/h6-12H,1-5H3/p+1. The van der Waals surface area contributed by atoms with E-state index in [0.29, 0.717) is 5.69 Å². The minimum absolute atomic E-state index is 0.151. The van der Waals surface area contributed by atoms with Gasteiger partial charge in [0.25, 0.3) is 0 Å². The highest BCUT2D eigenvalue weighted by Gasteiger charge is 2.28. The van der Waals surface area contributed by atoms with Gasteiger partial charge in [-0.2, -0.15) is 9.48 Å². The first-order valence-electron chi connectivity index (χ1n) is 7.28. The van der Waals surface area contributed by atoms with Gasteiger partial charge in [0.15, 0.2) is 17.9 Å². The van der Waals surface area contributed by atoms with Gasteiger partial charge in [-0.25, -0.2) is 8.42 Å². The van der Waals surface area contributed by atoms with Gasteiger partial charge in [0.1, 0.15) is 15.0 Å². The number of hydrogen-bond donors (Lipinski definition) is 1. The van der Waals surface area contributed by atoms with Crippen LogP contribution in [0, 0.1) is 0 Å². The summed E-state index contributed by atoms with van der Waals surface area (Å²) in [6.45, 7) is 10.0. The van der Waals surface area contributed by atoms with Crippen molar-refractivity contribution in [2.24, 2.45) is 0 Å². The number of nitrogens with zero attached hydrogens (tertiary/aromatic N) is 1. The second kappa shape index (κ2) is 5.61. The molecule has 0 bridgehead atoms. The minimum Gasteiger partial charge on any atom is -0.744 e. The Labute approximate surface area is 132 Å². The number of rotatable bonds is 3. The molecule has 0 aromatic heterocycles. The predicted octanol–water partition coefficient (Wildman–Crippen LogP) is 1.34. The van der Waals surface area contributed by atoms with E-state index in [2.05, 4.69) is 0 Å². The summed E-state index contributed by atoms with van der Waals surface area (Å²) in [7, 11) is -4.53. The zero-order chi connectivity index (χ0) is 16.7. The maximum absolute atomic E-state index is 11.7. The van der Waals surface area contributed by atoms with Gasteiger partial charge in [0, 0.05) is 6.07 Å². The number of quaternary nitrogens is 1. The van der Waals surface area contributed by atoms with E-state index >= 15 is 0 Å². The molecule has 120 valence electrons. The second-order valence-electron chi connectivity index (χ2n) is 6.86. The Bertz CT molecular complexity index is 741. The Morgan fingerprint density at radius 3 is 2.32 bits per heavy atom. The van der Waals surface area contributed by atoms with Gasteiger partial charge < -0.3 is 4.55 Å². The predicted molar refractivity (Wildman–Crippen MR) is 84.3 cm³/mol. The van der Waals surface area contributed by atoms with E-state index in [9.17, 15) is 13.0 Å². The van der Waals surface area contributed by atoms with E-state index < -0.39 is 10.1 Å². The summed E-state index contributed by atoms with van der Waals surface area (Å²) in [6.07, 6.45) is 5.59. The normalized spacial score (nSPS) is 18.9. The van der Waals surface area contributed by atoms with Crippen molar-refractivity contribution in [1.82, 2.24) is 0 Å². The zero-order valence-corrected chi connectivity index (χ0v) is 14.4. The van der Waals surface area contributed by atoms with Crippen molar-refractivity contribution in [3.63, 3.8) is 0 Å². The third kappa shape index (κ3) is 3.45. The fourth-order valence-electron chi connectivity index (χ4n) is 2.33. The fraction of sp³-hybridized carbons (Fsp3) is 0.438. The molecule has 0 radical (unpaired) electrons. The van der Waals surface area contributed by atoms with Crippen molar-refractivity contribution in [2.75, 3.05) is 0 Å². The van der Waals surface area contributed by atoms with Crippen LogP contribution in [0.15, 0.2) is 35.5 Å². The molecule has 0 fully saturated rings. The Morgan fingerprint density at radius 1 is 1.23 bits per heavy atom. The van der Waals surface area contributed by atoms with Gasteiger partial charge in [-0.15, -0.1) is 0 Å². The molecule has 1 N–H and O–H groups in total. The lowest BCUT2D eigenvalue weighted by Gasteiger charge is -2.21. The minimum atomic E-state index is -4.53. The van der Waals surface area contributed by atoms with Crippen LogP contribution in [-0.2, 0) is 15.5 Å². The van der Waals surface area contributed by atoms with E-state index in [0.717, 1.165) is 10.5 Å². The zero-order valence-electron chi connectivity index (χ0n) is 13.6. The van der Waals surface area contributed by atoms with Crippen molar-refractivity contribution in [1.29, 1.82) is 0 Å². The van der Waals surface area contributed by atoms with Gasteiger partial charge in [0.2, 0.25) is 6.20 Å². The lowest BCUT2D eigenvalue weighted by Crippen LogP contribution is -3.01. The maximum Gasteiger partial charge on any atom is 0.340 e. The summed E-state index contributed by atoms with van der Waals surface area (Å²) in [5.74, 6) is 0. The third-order valence-electron chi connectivity index (χ3n) is 3.74. The van der Waals surface area contributed by atoms with Crippen LogP contribution in [0.2, 0.25) is 0 Å². The molecule has 1 aliphatic rings. The lowest BCUT2D eigenvalue weighted by molar-refractivity contribution is -0.678. The van der Waals surface area contributed by atoms with E-state index in [1.807, 2.05) is 64.0 Å². The average Bonchev–Trinajstić information content (AvgIpc) is 2.85.